The minimum atomic E-state index is -0.237. The van der Waals surface area contributed by atoms with Gasteiger partial charge in [0.2, 0.25) is 6.41 Å². The molecule has 1 aliphatic rings. The first-order valence-electron chi connectivity index (χ1n) is 5.54. The molecule has 0 radical (unpaired) electrons. The van der Waals surface area contributed by atoms with Gasteiger partial charge in [-0.2, -0.15) is 0 Å². The molecule has 1 aliphatic heterocycles. The summed E-state index contributed by atoms with van der Waals surface area (Å²) in [7, 11) is 0. The Morgan fingerprint density at radius 3 is 2.59 bits per heavy atom. The molecule has 2 rings (SSSR count). The van der Waals surface area contributed by atoms with Crippen molar-refractivity contribution in [3.8, 4) is 0 Å². The van der Waals surface area contributed by atoms with Crippen LogP contribution in [0.25, 0.3) is 0 Å². The molecule has 92 valence electrons. The number of benzene rings is 1. The van der Waals surface area contributed by atoms with E-state index in [1.54, 1.807) is 17.0 Å². The number of nitrogens with zero attached hydrogens (tertiary/aromatic N) is 2. The van der Waals surface area contributed by atoms with E-state index in [2.05, 4.69) is 20.8 Å². The first-order chi connectivity index (χ1) is 8.19. The lowest BCUT2D eigenvalue weighted by atomic mass is 10.2. The lowest BCUT2D eigenvalue weighted by Gasteiger charge is -2.32. The number of carbonyl (C=O) groups excluding carboxylic acids is 1. The highest BCUT2D eigenvalue weighted by atomic mass is 79.9. The molecule has 0 aromatic heterocycles. The summed E-state index contributed by atoms with van der Waals surface area (Å²) < 4.78 is 13.6. The molecule has 0 N–H and O–H groups in total. The monoisotopic (exact) mass is 300 g/mol. The number of hydrogen-bond acceptors (Lipinski definition) is 2. The van der Waals surface area contributed by atoms with Gasteiger partial charge in [-0.3, -0.25) is 9.69 Å². The standard InChI is InChI=1S/C12H14BrFN2O/c13-11-7-10(1-2-12(11)14)8-15-3-5-16(9-17)6-4-15/h1-2,7,9H,3-6,8H2. The van der Waals surface area contributed by atoms with Crippen LogP contribution in [0.5, 0.6) is 0 Å². The molecule has 1 aromatic carbocycles. The number of amides is 1. The molecule has 1 saturated heterocycles. The molecular weight excluding hydrogens is 287 g/mol. The second kappa shape index (κ2) is 5.60. The molecule has 1 amide bonds. The van der Waals surface area contributed by atoms with Gasteiger partial charge >= 0.3 is 0 Å². The van der Waals surface area contributed by atoms with E-state index in [0.717, 1.165) is 44.7 Å². The van der Waals surface area contributed by atoms with E-state index in [1.807, 2.05) is 0 Å². The van der Waals surface area contributed by atoms with Gasteiger partial charge < -0.3 is 4.90 Å². The molecule has 0 saturated carbocycles. The van der Waals surface area contributed by atoms with Crippen LogP contribution in [0.3, 0.4) is 0 Å². The van der Waals surface area contributed by atoms with Gasteiger partial charge in [-0.1, -0.05) is 6.07 Å². The number of hydrogen-bond donors (Lipinski definition) is 0. The predicted octanol–water partition coefficient (Wildman–Crippen LogP) is 1.86. The quantitative estimate of drug-likeness (QED) is 0.796. The second-order valence-corrected chi connectivity index (χ2v) is 5.02. The Labute approximate surface area is 108 Å². The lowest BCUT2D eigenvalue weighted by molar-refractivity contribution is -0.119. The largest absolute Gasteiger partial charge is 0.343 e. The molecule has 1 fully saturated rings. The maximum atomic E-state index is 13.1. The molecule has 0 aliphatic carbocycles. The van der Waals surface area contributed by atoms with Crippen LogP contribution in [0.15, 0.2) is 22.7 Å². The molecule has 1 heterocycles. The van der Waals surface area contributed by atoms with Crippen LogP contribution in [0, 0.1) is 5.82 Å². The van der Waals surface area contributed by atoms with E-state index in [1.165, 1.54) is 6.07 Å². The molecule has 5 heteroatoms. The van der Waals surface area contributed by atoms with Gasteiger partial charge in [0.05, 0.1) is 4.47 Å². The van der Waals surface area contributed by atoms with Crippen molar-refractivity contribution in [1.29, 1.82) is 0 Å². The Kier molecular flexibility index (Phi) is 4.12. The molecule has 0 bridgehead atoms. The molecule has 1 aromatic rings. The third kappa shape index (κ3) is 3.26. The maximum absolute atomic E-state index is 13.1. The Morgan fingerprint density at radius 1 is 1.29 bits per heavy atom. The third-order valence-corrected chi connectivity index (χ3v) is 3.55. The summed E-state index contributed by atoms with van der Waals surface area (Å²) in [5, 5.41) is 0. The summed E-state index contributed by atoms with van der Waals surface area (Å²) in [5.41, 5.74) is 1.08. The minimum absolute atomic E-state index is 0.237. The van der Waals surface area contributed by atoms with Crippen LogP contribution in [0.2, 0.25) is 0 Å². The van der Waals surface area contributed by atoms with E-state index in [4.69, 9.17) is 0 Å². The smallest absolute Gasteiger partial charge is 0.209 e. The summed E-state index contributed by atoms with van der Waals surface area (Å²) in [6, 6.07) is 5.08. The second-order valence-electron chi connectivity index (χ2n) is 4.17. The van der Waals surface area contributed by atoms with E-state index >= 15 is 0 Å². The number of rotatable bonds is 3. The summed E-state index contributed by atoms with van der Waals surface area (Å²) in [4.78, 5) is 14.6. The first kappa shape index (κ1) is 12.5. The van der Waals surface area contributed by atoms with Gasteiger partial charge in [-0.05, 0) is 33.6 Å². The van der Waals surface area contributed by atoms with Crippen LogP contribution in [-0.4, -0.2) is 42.4 Å². The zero-order chi connectivity index (χ0) is 12.3. The van der Waals surface area contributed by atoms with Crippen molar-refractivity contribution in [2.75, 3.05) is 26.2 Å². The Balaban J connectivity index is 1.93. The van der Waals surface area contributed by atoms with Crippen LogP contribution in [0.4, 0.5) is 4.39 Å². The zero-order valence-electron chi connectivity index (χ0n) is 9.40. The summed E-state index contributed by atoms with van der Waals surface area (Å²) in [6.07, 6.45) is 0.895. The molecular formula is C12H14BrFN2O. The summed E-state index contributed by atoms with van der Waals surface area (Å²) in [6.45, 7) is 4.07. The zero-order valence-corrected chi connectivity index (χ0v) is 11.0. The summed E-state index contributed by atoms with van der Waals surface area (Å²) in [5.74, 6) is -0.237. The maximum Gasteiger partial charge on any atom is 0.209 e. The van der Waals surface area contributed by atoms with Crippen molar-refractivity contribution in [3.05, 3.63) is 34.1 Å². The number of piperazine rings is 1. The van der Waals surface area contributed by atoms with Gasteiger partial charge in [-0.15, -0.1) is 0 Å². The van der Waals surface area contributed by atoms with E-state index < -0.39 is 0 Å². The van der Waals surface area contributed by atoms with Crippen molar-refractivity contribution in [1.82, 2.24) is 9.80 Å². The van der Waals surface area contributed by atoms with Crippen molar-refractivity contribution >= 4 is 22.3 Å². The van der Waals surface area contributed by atoms with Crippen molar-refractivity contribution in [2.45, 2.75) is 6.54 Å². The van der Waals surface area contributed by atoms with Crippen LogP contribution in [0.1, 0.15) is 5.56 Å². The van der Waals surface area contributed by atoms with E-state index in [9.17, 15) is 9.18 Å². The van der Waals surface area contributed by atoms with Gasteiger partial charge in [0.1, 0.15) is 5.82 Å². The molecule has 3 nitrogen and oxygen atoms in total. The highest BCUT2D eigenvalue weighted by molar-refractivity contribution is 9.10. The van der Waals surface area contributed by atoms with Crippen molar-refractivity contribution in [3.63, 3.8) is 0 Å². The Morgan fingerprint density at radius 2 is 2.00 bits per heavy atom. The summed E-state index contributed by atoms with van der Waals surface area (Å²) >= 11 is 3.18. The molecule has 17 heavy (non-hydrogen) atoms. The highest BCUT2D eigenvalue weighted by Crippen LogP contribution is 2.18. The topological polar surface area (TPSA) is 23.6 Å². The van der Waals surface area contributed by atoms with Crippen molar-refractivity contribution in [2.24, 2.45) is 0 Å². The Hall–Kier alpha value is -0.940. The molecule has 0 unspecified atom stereocenters. The minimum Gasteiger partial charge on any atom is -0.343 e. The van der Waals surface area contributed by atoms with Gasteiger partial charge in [0.25, 0.3) is 0 Å². The number of carbonyl (C=O) groups is 1. The predicted molar refractivity (Wildman–Crippen MR) is 67.0 cm³/mol. The fourth-order valence-corrected chi connectivity index (χ4v) is 2.35. The van der Waals surface area contributed by atoms with Gasteiger partial charge in [-0.25, -0.2) is 4.39 Å². The fourth-order valence-electron chi connectivity index (χ4n) is 1.92. The van der Waals surface area contributed by atoms with E-state index in [-0.39, 0.29) is 5.82 Å². The molecule has 0 spiro atoms. The fraction of sp³-hybridized carbons (Fsp3) is 0.417. The van der Waals surface area contributed by atoms with Gasteiger partial charge in [0.15, 0.2) is 0 Å². The average molecular weight is 301 g/mol. The van der Waals surface area contributed by atoms with Crippen LogP contribution >= 0.6 is 15.9 Å². The third-order valence-electron chi connectivity index (χ3n) is 2.95. The lowest BCUT2D eigenvalue weighted by Crippen LogP contribution is -2.45. The normalized spacial score (nSPS) is 17.2. The van der Waals surface area contributed by atoms with Gasteiger partial charge in [0, 0.05) is 32.7 Å². The Bertz CT molecular complexity index is 405. The SMILES string of the molecule is O=CN1CCN(Cc2ccc(F)c(Br)c2)CC1. The number of halogens is 2. The first-order valence-corrected chi connectivity index (χ1v) is 6.34. The van der Waals surface area contributed by atoms with Crippen molar-refractivity contribution < 1.29 is 9.18 Å². The van der Waals surface area contributed by atoms with Crippen LogP contribution in [-0.2, 0) is 11.3 Å². The van der Waals surface area contributed by atoms with E-state index in [0.29, 0.717) is 4.47 Å². The molecule has 0 atom stereocenters. The average Bonchev–Trinajstić information content (AvgIpc) is 2.35. The van der Waals surface area contributed by atoms with Crippen LogP contribution < -0.4 is 0 Å². The highest BCUT2D eigenvalue weighted by Gasteiger charge is 2.15.